The summed E-state index contributed by atoms with van der Waals surface area (Å²) in [4.78, 5) is 42.5. The number of carboxylic acids is 1. The first kappa shape index (κ1) is 14.3. The van der Waals surface area contributed by atoms with Gasteiger partial charge in [0.2, 0.25) is 6.41 Å². The third-order valence-corrected chi connectivity index (χ3v) is 2.36. The molecule has 1 aromatic rings. The number of aliphatic carboxylic acids is 1. The van der Waals surface area contributed by atoms with Gasteiger partial charge < -0.3 is 10.4 Å². The van der Waals surface area contributed by atoms with Crippen LogP contribution < -0.4 is 5.32 Å². The summed E-state index contributed by atoms with van der Waals surface area (Å²) < 4.78 is 0. The third kappa shape index (κ3) is 3.87. The fraction of sp³-hybridized carbons (Fsp3) is 0.182. The molecule has 0 saturated carbocycles. The van der Waals surface area contributed by atoms with Gasteiger partial charge in [0.25, 0.3) is 5.69 Å². The Morgan fingerprint density at radius 3 is 2.37 bits per heavy atom. The molecule has 0 heterocycles. The van der Waals surface area contributed by atoms with Crippen LogP contribution in [-0.2, 0) is 9.59 Å². The van der Waals surface area contributed by atoms with Crippen LogP contribution in [0.1, 0.15) is 16.8 Å². The van der Waals surface area contributed by atoms with E-state index in [1.807, 2.05) is 5.32 Å². The van der Waals surface area contributed by atoms with Gasteiger partial charge in [0.1, 0.15) is 6.04 Å². The molecule has 0 aliphatic carbocycles. The topological polar surface area (TPSA) is 127 Å². The van der Waals surface area contributed by atoms with Gasteiger partial charge in [0, 0.05) is 24.1 Å². The number of amides is 1. The Bertz CT molecular complexity index is 510. The van der Waals surface area contributed by atoms with Gasteiger partial charge in [-0.25, -0.2) is 4.79 Å². The van der Waals surface area contributed by atoms with Gasteiger partial charge in [-0.2, -0.15) is 0 Å². The molecule has 0 aliphatic rings. The predicted octanol–water partition coefficient (Wildman–Crippen LogP) is 0.367. The number of carbonyl (C=O) groups excluding carboxylic acids is 2. The number of Topliss-reactive ketones (excluding diaryl/α,β-unsaturated/α-hetero) is 1. The highest BCUT2D eigenvalue weighted by atomic mass is 16.6. The Morgan fingerprint density at radius 1 is 1.37 bits per heavy atom. The summed E-state index contributed by atoms with van der Waals surface area (Å²) in [6, 6.07) is 3.45. The van der Waals surface area contributed by atoms with Crippen molar-refractivity contribution in [1.82, 2.24) is 5.32 Å². The van der Waals surface area contributed by atoms with Gasteiger partial charge in [0.05, 0.1) is 4.92 Å². The normalized spacial score (nSPS) is 11.4. The van der Waals surface area contributed by atoms with Crippen LogP contribution in [0.3, 0.4) is 0 Å². The summed E-state index contributed by atoms with van der Waals surface area (Å²) in [7, 11) is 0. The van der Waals surface area contributed by atoms with Gasteiger partial charge in [-0.3, -0.25) is 19.7 Å². The number of nitrogens with zero attached hydrogens (tertiary/aromatic N) is 1. The third-order valence-electron chi connectivity index (χ3n) is 2.36. The van der Waals surface area contributed by atoms with Gasteiger partial charge in [0.15, 0.2) is 5.78 Å². The van der Waals surface area contributed by atoms with Gasteiger partial charge in [-0.1, -0.05) is 0 Å². The van der Waals surface area contributed by atoms with E-state index in [4.69, 9.17) is 5.11 Å². The Balaban J connectivity index is 2.79. The summed E-state index contributed by atoms with van der Waals surface area (Å²) in [6.07, 6.45) is -0.228. The van der Waals surface area contributed by atoms with E-state index in [0.29, 0.717) is 0 Å². The molecule has 1 unspecified atom stereocenters. The zero-order valence-electron chi connectivity index (χ0n) is 9.61. The van der Waals surface area contributed by atoms with Crippen LogP contribution in [-0.4, -0.2) is 34.2 Å². The Kier molecular flexibility index (Phi) is 4.69. The molecule has 0 spiro atoms. The lowest BCUT2D eigenvalue weighted by Crippen LogP contribution is -2.37. The number of non-ortho nitro benzene ring substituents is 1. The van der Waals surface area contributed by atoms with Gasteiger partial charge >= 0.3 is 5.97 Å². The smallest absolute Gasteiger partial charge is 0.326 e. The monoisotopic (exact) mass is 266 g/mol. The number of benzene rings is 1. The highest BCUT2D eigenvalue weighted by Crippen LogP contribution is 2.13. The van der Waals surface area contributed by atoms with Crippen LogP contribution in [0.15, 0.2) is 24.3 Å². The molecule has 8 nitrogen and oxygen atoms in total. The molecule has 0 fully saturated rings. The number of hydrogen-bond acceptors (Lipinski definition) is 5. The van der Waals surface area contributed by atoms with Gasteiger partial charge in [-0.15, -0.1) is 0 Å². The van der Waals surface area contributed by atoms with E-state index in [1.54, 1.807) is 0 Å². The molecule has 1 rings (SSSR count). The van der Waals surface area contributed by atoms with Crippen molar-refractivity contribution in [1.29, 1.82) is 0 Å². The van der Waals surface area contributed by atoms with Crippen LogP contribution in [0, 0.1) is 10.1 Å². The van der Waals surface area contributed by atoms with Crippen molar-refractivity contribution < 1.29 is 24.4 Å². The lowest BCUT2D eigenvalue weighted by molar-refractivity contribution is -0.384. The minimum absolute atomic E-state index is 0.143. The number of nitro benzene ring substituents is 1. The molecule has 0 saturated heterocycles. The van der Waals surface area contributed by atoms with Crippen LogP contribution in [0.2, 0.25) is 0 Å². The Morgan fingerprint density at radius 2 is 1.95 bits per heavy atom. The second-order valence-corrected chi connectivity index (χ2v) is 3.61. The van der Waals surface area contributed by atoms with E-state index < -0.39 is 29.1 Å². The van der Waals surface area contributed by atoms with E-state index in [-0.39, 0.29) is 17.7 Å². The lowest BCUT2D eigenvalue weighted by Gasteiger charge is -2.09. The maximum Gasteiger partial charge on any atom is 0.326 e. The molecule has 8 heteroatoms. The molecule has 0 bridgehead atoms. The number of rotatable bonds is 7. The molecule has 19 heavy (non-hydrogen) atoms. The second-order valence-electron chi connectivity index (χ2n) is 3.61. The van der Waals surface area contributed by atoms with Crippen molar-refractivity contribution in [2.45, 2.75) is 12.5 Å². The number of nitrogens with one attached hydrogen (secondary N) is 1. The second kappa shape index (κ2) is 6.24. The summed E-state index contributed by atoms with van der Waals surface area (Å²) in [6.45, 7) is 0. The molecule has 0 aliphatic heterocycles. The summed E-state index contributed by atoms with van der Waals surface area (Å²) in [5, 5.41) is 21.2. The van der Waals surface area contributed by atoms with Crippen LogP contribution in [0.5, 0.6) is 0 Å². The standard InChI is InChI=1S/C11H10N2O6/c14-6-12-9(11(16)17)5-10(15)7-1-3-8(4-2-7)13(18)19/h1-4,6,9H,5H2,(H,12,14)(H,16,17). The SMILES string of the molecule is O=CNC(CC(=O)c1ccc([N+](=O)[O-])cc1)C(=O)O. The molecule has 1 aromatic carbocycles. The largest absolute Gasteiger partial charge is 0.480 e. The number of nitro groups is 1. The Hall–Kier alpha value is -2.77. The average molecular weight is 266 g/mol. The molecule has 0 aromatic heterocycles. The molecule has 1 atom stereocenters. The van der Waals surface area contributed by atoms with E-state index in [9.17, 15) is 24.5 Å². The highest BCUT2D eigenvalue weighted by Gasteiger charge is 2.21. The first-order chi connectivity index (χ1) is 8.95. The van der Waals surface area contributed by atoms with Crippen molar-refractivity contribution in [3.8, 4) is 0 Å². The number of ketones is 1. The first-order valence-electron chi connectivity index (χ1n) is 5.16. The molecule has 0 radical (unpaired) electrons. The van der Waals surface area contributed by atoms with Crippen molar-refractivity contribution in [3.05, 3.63) is 39.9 Å². The first-order valence-corrected chi connectivity index (χ1v) is 5.16. The van der Waals surface area contributed by atoms with Crippen LogP contribution >= 0.6 is 0 Å². The Labute approximate surface area is 107 Å². The average Bonchev–Trinajstić information content (AvgIpc) is 2.38. The maximum absolute atomic E-state index is 11.7. The zero-order chi connectivity index (χ0) is 14.4. The molecular weight excluding hydrogens is 256 g/mol. The minimum Gasteiger partial charge on any atom is -0.480 e. The van der Waals surface area contributed by atoms with Crippen molar-refractivity contribution in [2.75, 3.05) is 0 Å². The highest BCUT2D eigenvalue weighted by molar-refractivity contribution is 5.99. The number of carbonyl (C=O) groups is 3. The predicted molar refractivity (Wildman–Crippen MR) is 62.7 cm³/mol. The van der Waals surface area contributed by atoms with E-state index >= 15 is 0 Å². The molecule has 1 amide bonds. The van der Waals surface area contributed by atoms with E-state index in [0.717, 1.165) is 12.1 Å². The number of hydrogen-bond donors (Lipinski definition) is 2. The molecule has 2 N–H and O–H groups in total. The van der Waals surface area contributed by atoms with Crippen molar-refractivity contribution in [3.63, 3.8) is 0 Å². The van der Waals surface area contributed by atoms with Gasteiger partial charge in [-0.05, 0) is 12.1 Å². The zero-order valence-corrected chi connectivity index (χ0v) is 9.61. The molecule has 100 valence electrons. The summed E-state index contributed by atoms with van der Waals surface area (Å²) in [5.41, 5.74) is -0.0260. The quantitative estimate of drug-likeness (QED) is 0.317. The number of carboxylic acid groups (broad SMARTS) is 1. The lowest BCUT2D eigenvalue weighted by atomic mass is 10.0. The fourth-order valence-corrected chi connectivity index (χ4v) is 1.37. The van der Waals surface area contributed by atoms with Crippen molar-refractivity contribution in [2.24, 2.45) is 0 Å². The van der Waals surface area contributed by atoms with Crippen LogP contribution in [0.4, 0.5) is 5.69 Å². The van der Waals surface area contributed by atoms with E-state index in [2.05, 4.69) is 0 Å². The summed E-state index contributed by atoms with van der Waals surface area (Å²) in [5.74, 6) is -1.86. The fourth-order valence-electron chi connectivity index (χ4n) is 1.37. The molecular formula is C11H10N2O6. The van der Waals surface area contributed by atoms with E-state index in [1.165, 1.54) is 12.1 Å². The summed E-state index contributed by atoms with van der Waals surface area (Å²) >= 11 is 0. The maximum atomic E-state index is 11.7. The van der Waals surface area contributed by atoms with Crippen LogP contribution in [0.25, 0.3) is 0 Å². The minimum atomic E-state index is -1.33. The van der Waals surface area contributed by atoms with Crippen molar-refractivity contribution >= 4 is 23.9 Å².